The van der Waals surface area contributed by atoms with Crippen molar-refractivity contribution >= 4 is 0 Å². The molecular weight excluding hydrogens is 512 g/mol. The van der Waals surface area contributed by atoms with Gasteiger partial charge in [-0.05, 0) is 12.8 Å². The Balaban J connectivity index is 2.05. The fourth-order valence-corrected chi connectivity index (χ4v) is 5.14. The van der Waals surface area contributed by atoms with E-state index in [1.54, 1.807) is 0 Å². The number of hydrogen-bond donors (Lipinski definition) is 6. The molecule has 0 aromatic carbocycles. The number of aliphatic hydroxyl groups is 6. The van der Waals surface area contributed by atoms with Crippen LogP contribution in [-0.4, -0.2) is 118 Å². The van der Waals surface area contributed by atoms with Gasteiger partial charge in [-0.25, -0.2) is 0 Å². The zero-order chi connectivity index (χ0) is 28.6. The largest absolute Gasteiger partial charge is 0.394 e. The fourth-order valence-electron chi connectivity index (χ4n) is 5.14. The summed E-state index contributed by atoms with van der Waals surface area (Å²) in [5, 5.41) is 61.4. The highest BCUT2D eigenvalue weighted by Gasteiger charge is 2.51. The van der Waals surface area contributed by atoms with Gasteiger partial charge in [-0.15, -0.1) is 0 Å². The van der Waals surface area contributed by atoms with Gasteiger partial charge in [0.15, 0.2) is 12.6 Å². The van der Waals surface area contributed by atoms with Crippen molar-refractivity contribution in [2.24, 2.45) is 0 Å². The van der Waals surface area contributed by atoms with Gasteiger partial charge in [0.05, 0.1) is 13.2 Å². The molecule has 2 rings (SSSR count). The summed E-state index contributed by atoms with van der Waals surface area (Å²) in [6, 6.07) is 0. The molecule has 0 aromatic heterocycles. The highest BCUT2D eigenvalue weighted by molar-refractivity contribution is 4.95. The van der Waals surface area contributed by atoms with Crippen molar-refractivity contribution in [3.05, 3.63) is 0 Å². The fraction of sp³-hybridized carbons (Fsp3) is 1.00. The Kier molecular flexibility index (Phi) is 17.5. The van der Waals surface area contributed by atoms with Gasteiger partial charge in [-0.1, -0.05) is 78.1 Å². The third-order valence-corrected chi connectivity index (χ3v) is 7.54. The minimum Gasteiger partial charge on any atom is -0.394 e. The highest BCUT2D eigenvalue weighted by Crippen LogP contribution is 2.31. The molecule has 2 saturated heterocycles. The Morgan fingerprint density at radius 3 is 1.56 bits per heavy atom. The van der Waals surface area contributed by atoms with E-state index in [0.29, 0.717) is 13.2 Å². The van der Waals surface area contributed by atoms with Crippen LogP contribution in [0.5, 0.6) is 0 Å². The molecule has 0 radical (unpaired) electrons. The van der Waals surface area contributed by atoms with Gasteiger partial charge in [-0.2, -0.15) is 0 Å². The zero-order valence-corrected chi connectivity index (χ0v) is 23.8. The molecule has 0 aliphatic carbocycles. The van der Waals surface area contributed by atoms with E-state index in [2.05, 4.69) is 13.8 Å². The third-order valence-electron chi connectivity index (χ3n) is 7.54. The van der Waals surface area contributed by atoms with Crippen LogP contribution in [0.15, 0.2) is 0 Å². The maximum absolute atomic E-state index is 11.2. The van der Waals surface area contributed by atoms with Crippen molar-refractivity contribution in [1.82, 2.24) is 0 Å². The molecule has 232 valence electrons. The van der Waals surface area contributed by atoms with E-state index in [1.807, 2.05) is 0 Å². The minimum absolute atomic E-state index is 0.384. The van der Waals surface area contributed by atoms with E-state index >= 15 is 0 Å². The summed E-state index contributed by atoms with van der Waals surface area (Å²) in [6.07, 6.45) is 0.285. The molecule has 6 N–H and O–H groups in total. The predicted octanol–water partition coefficient (Wildman–Crippen LogP) is 1.37. The van der Waals surface area contributed by atoms with Crippen LogP contribution in [0.4, 0.5) is 0 Å². The standard InChI is InChI=1S/C28H54O11/c1-3-5-7-9-11-13-15-35-25-20(18-30)38-28(23(33)26(25)36-16-14-12-10-8-6-4-2)39-24-19(17-29)37-27(34)22(32)21(24)31/h19-34H,3-18H2,1-2H3/t19-,20-,21-,22-,23-,24-,25+,26-,27-,28+/m1/s1. The lowest BCUT2D eigenvalue weighted by atomic mass is 9.96. The first-order chi connectivity index (χ1) is 18.9. The summed E-state index contributed by atoms with van der Waals surface area (Å²) in [4.78, 5) is 0. The number of aliphatic hydroxyl groups excluding tert-OH is 6. The SMILES string of the molecule is CCCCCCCCO[C@@H]1[C@@H](O)[C@H](O[C@H]2[C@H](O)[C@@H](O)[C@H](O)O[C@@H]2CO)O[C@H](CO)[C@@H]1OCCCCCCCC. The average molecular weight is 567 g/mol. The van der Waals surface area contributed by atoms with Crippen molar-refractivity contribution in [3.63, 3.8) is 0 Å². The highest BCUT2D eigenvalue weighted by atomic mass is 16.7. The second-order valence-corrected chi connectivity index (χ2v) is 10.8. The third kappa shape index (κ3) is 11.1. The Hall–Kier alpha value is -0.440. The van der Waals surface area contributed by atoms with Crippen LogP contribution in [0.1, 0.15) is 90.9 Å². The summed E-state index contributed by atoms with van der Waals surface area (Å²) < 4.78 is 29.1. The topological polar surface area (TPSA) is 168 Å². The lowest BCUT2D eigenvalue weighted by Gasteiger charge is -2.47. The summed E-state index contributed by atoms with van der Waals surface area (Å²) in [5.74, 6) is 0. The maximum Gasteiger partial charge on any atom is 0.187 e. The molecular formula is C28H54O11. The molecule has 2 aliphatic rings. The van der Waals surface area contributed by atoms with Gasteiger partial charge < -0.3 is 54.3 Å². The van der Waals surface area contributed by atoms with Crippen molar-refractivity contribution in [1.29, 1.82) is 0 Å². The molecule has 0 unspecified atom stereocenters. The molecule has 11 heteroatoms. The monoisotopic (exact) mass is 566 g/mol. The number of unbranched alkanes of at least 4 members (excludes halogenated alkanes) is 10. The van der Waals surface area contributed by atoms with Gasteiger partial charge in [0.2, 0.25) is 0 Å². The average Bonchev–Trinajstić information content (AvgIpc) is 2.94. The smallest absolute Gasteiger partial charge is 0.187 e. The van der Waals surface area contributed by atoms with Crippen LogP contribution in [0.3, 0.4) is 0 Å². The molecule has 0 amide bonds. The van der Waals surface area contributed by atoms with Crippen molar-refractivity contribution in [2.75, 3.05) is 26.4 Å². The van der Waals surface area contributed by atoms with Crippen LogP contribution in [-0.2, 0) is 23.7 Å². The van der Waals surface area contributed by atoms with Crippen LogP contribution < -0.4 is 0 Å². The molecule has 0 saturated carbocycles. The van der Waals surface area contributed by atoms with Crippen LogP contribution in [0.25, 0.3) is 0 Å². The van der Waals surface area contributed by atoms with Crippen LogP contribution in [0, 0.1) is 0 Å². The van der Waals surface area contributed by atoms with E-state index in [-0.39, 0.29) is 0 Å². The second-order valence-electron chi connectivity index (χ2n) is 10.8. The van der Waals surface area contributed by atoms with Crippen molar-refractivity contribution in [3.8, 4) is 0 Å². The second kappa shape index (κ2) is 19.6. The predicted molar refractivity (Wildman–Crippen MR) is 143 cm³/mol. The van der Waals surface area contributed by atoms with E-state index in [0.717, 1.165) is 38.5 Å². The van der Waals surface area contributed by atoms with Gasteiger partial charge in [0.1, 0.15) is 48.8 Å². The number of hydrogen-bond acceptors (Lipinski definition) is 11. The quantitative estimate of drug-likeness (QED) is 0.118. The van der Waals surface area contributed by atoms with E-state index in [9.17, 15) is 30.6 Å². The van der Waals surface area contributed by atoms with Crippen molar-refractivity contribution in [2.45, 2.75) is 152 Å². The summed E-state index contributed by atoms with van der Waals surface area (Å²) in [7, 11) is 0. The van der Waals surface area contributed by atoms with E-state index < -0.39 is 74.6 Å². The minimum atomic E-state index is -1.70. The number of rotatable bonds is 20. The van der Waals surface area contributed by atoms with Gasteiger partial charge in [0, 0.05) is 13.2 Å². The maximum atomic E-state index is 11.2. The van der Waals surface area contributed by atoms with Gasteiger partial charge in [-0.3, -0.25) is 0 Å². The van der Waals surface area contributed by atoms with E-state index in [1.165, 1.54) is 38.5 Å². The molecule has 10 atom stereocenters. The molecule has 0 bridgehead atoms. The molecule has 0 spiro atoms. The summed E-state index contributed by atoms with van der Waals surface area (Å²) >= 11 is 0. The van der Waals surface area contributed by atoms with Crippen LogP contribution >= 0.6 is 0 Å². The molecule has 0 aromatic rings. The first kappa shape index (κ1) is 34.8. The molecule has 39 heavy (non-hydrogen) atoms. The summed E-state index contributed by atoms with van der Waals surface area (Å²) in [5.41, 5.74) is 0. The van der Waals surface area contributed by atoms with Crippen LogP contribution in [0.2, 0.25) is 0 Å². The first-order valence-electron chi connectivity index (χ1n) is 15.0. The van der Waals surface area contributed by atoms with Gasteiger partial charge >= 0.3 is 0 Å². The van der Waals surface area contributed by atoms with Gasteiger partial charge in [0.25, 0.3) is 0 Å². The zero-order valence-electron chi connectivity index (χ0n) is 23.8. The van der Waals surface area contributed by atoms with Crippen molar-refractivity contribution < 1.29 is 54.3 Å². The number of ether oxygens (including phenoxy) is 5. The van der Waals surface area contributed by atoms with E-state index in [4.69, 9.17) is 23.7 Å². The molecule has 2 aliphatic heterocycles. The Morgan fingerprint density at radius 2 is 1.03 bits per heavy atom. The molecule has 2 heterocycles. The lowest BCUT2D eigenvalue weighted by Crippen LogP contribution is -2.65. The Bertz CT molecular complexity index is 610. The Labute approximate surface area is 233 Å². The Morgan fingerprint density at radius 1 is 0.538 bits per heavy atom. The molecule has 11 nitrogen and oxygen atoms in total. The normalized spacial score (nSPS) is 35.4. The first-order valence-corrected chi connectivity index (χ1v) is 15.0. The summed E-state index contributed by atoms with van der Waals surface area (Å²) in [6.45, 7) is 4.12. The molecule has 2 fully saturated rings. The lowest BCUT2D eigenvalue weighted by molar-refractivity contribution is -0.360.